The largest absolute Gasteiger partial charge is 0.441 e. The van der Waals surface area contributed by atoms with Crippen molar-refractivity contribution in [2.45, 2.75) is 19.5 Å². The Bertz CT molecular complexity index is 575. The van der Waals surface area contributed by atoms with E-state index in [-0.39, 0.29) is 11.9 Å². The molecule has 2 aromatic heterocycles. The lowest BCUT2D eigenvalue weighted by Gasteiger charge is -2.36. The molecule has 3 rings (SSSR count). The van der Waals surface area contributed by atoms with E-state index in [0.29, 0.717) is 12.3 Å². The summed E-state index contributed by atoms with van der Waals surface area (Å²) in [6, 6.07) is 5.77. The van der Waals surface area contributed by atoms with Crippen molar-refractivity contribution in [2.75, 3.05) is 20.1 Å². The van der Waals surface area contributed by atoms with Gasteiger partial charge in [-0.15, -0.1) is 0 Å². The van der Waals surface area contributed by atoms with Gasteiger partial charge in [-0.3, -0.25) is 9.69 Å². The zero-order chi connectivity index (χ0) is 13.4. The third-order valence-electron chi connectivity index (χ3n) is 3.71. The number of fused-ring (bicyclic) bond motifs is 1. The predicted molar refractivity (Wildman–Crippen MR) is 71.5 cm³/mol. The zero-order valence-electron chi connectivity index (χ0n) is 11.2. The molecule has 1 aliphatic heterocycles. The summed E-state index contributed by atoms with van der Waals surface area (Å²) in [5, 5.41) is 1.01. The standard InChI is InChI=1S/C14H17N3O2/c1-10-14(18)16(2)6-7-17(10)9-12-8-11-4-3-5-15-13(11)19-12/h3-5,8,10H,6-7,9H2,1-2H3. The van der Waals surface area contributed by atoms with Gasteiger partial charge in [0.25, 0.3) is 0 Å². The van der Waals surface area contributed by atoms with Crippen molar-refractivity contribution in [3.8, 4) is 0 Å². The van der Waals surface area contributed by atoms with Gasteiger partial charge < -0.3 is 9.32 Å². The molecule has 0 bridgehead atoms. The van der Waals surface area contributed by atoms with E-state index in [1.54, 1.807) is 11.1 Å². The number of hydrogen-bond donors (Lipinski definition) is 0. The normalized spacial score (nSPS) is 21.3. The summed E-state index contributed by atoms with van der Waals surface area (Å²) >= 11 is 0. The molecule has 100 valence electrons. The Labute approximate surface area is 111 Å². The van der Waals surface area contributed by atoms with E-state index < -0.39 is 0 Å². The van der Waals surface area contributed by atoms with Crippen LogP contribution in [-0.4, -0.2) is 46.9 Å². The lowest BCUT2D eigenvalue weighted by molar-refractivity contribution is -0.139. The van der Waals surface area contributed by atoms with Gasteiger partial charge in [-0.1, -0.05) is 0 Å². The third kappa shape index (κ3) is 2.21. The van der Waals surface area contributed by atoms with Crippen molar-refractivity contribution < 1.29 is 9.21 Å². The van der Waals surface area contributed by atoms with Crippen LogP contribution in [0, 0.1) is 0 Å². The van der Waals surface area contributed by atoms with Crippen molar-refractivity contribution in [2.24, 2.45) is 0 Å². The van der Waals surface area contributed by atoms with Crippen LogP contribution in [-0.2, 0) is 11.3 Å². The van der Waals surface area contributed by atoms with E-state index in [4.69, 9.17) is 4.42 Å². The quantitative estimate of drug-likeness (QED) is 0.820. The fraction of sp³-hybridized carbons (Fsp3) is 0.429. The topological polar surface area (TPSA) is 49.6 Å². The number of furan rings is 1. The van der Waals surface area contributed by atoms with Crippen LogP contribution in [0.4, 0.5) is 0 Å². The molecular weight excluding hydrogens is 242 g/mol. The van der Waals surface area contributed by atoms with E-state index in [0.717, 1.165) is 24.2 Å². The number of carbonyl (C=O) groups is 1. The van der Waals surface area contributed by atoms with E-state index in [1.165, 1.54) is 0 Å². The van der Waals surface area contributed by atoms with Crippen LogP contribution in [0.3, 0.4) is 0 Å². The van der Waals surface area contributed by atoms with Gasteiger partial charge in [-0.05, 0) is 25.1 Å². The van der Waals surface area contributed by atoms with Crippen LogP contribution in [0.25, 0.3) is 11.1 Å². The molecule has 0 aromatic carbocycles. The Morgan fingerprint density at radius 3 is 3.11 bits per heavy atom. The maximum Gasteiger partial charge on any atom is 0.239 e. The fourth-order valence-electron chi connectivity index (χ4n) is 2.48. The molecule has 0 spiro atoms. The van der Waals surface area contributed by atoms with Crippen molar-refractivity contribution in [1.82, 2.24) is 14.8 Å². The first-order chi connectivity index (χ1) is 9.15. The highest BCUT2D eigenvalue weighted by atomic mass is 16.3. The number of aromatic nitrogens is 1. The summed E-state index contributed by atoms with van der Waals surface area (Å²) in [5.41, 5.74) is 0.658. The first-order valence-electron chi connectivity index (χ1n) is 6.47. The van der Waals surface area contributed by atoms with Gasteiger partial charge in [0.15, 0.2) is 0 Å². The number of likely N-dealkylation sites (N-methyl/N-ethyl adjacent to an activating group) is 1. The van der Waals surface area contributed by atoms with Crippen LogP contribution in [0.2, 0.25) is 0 Å². The Morgan fingerprint density at radius 1 is 1.47 bits per heavy atom. The second-order valence-corrected chi connectivity index (χ2v) is 5.02. The molecule has 0 saturated carbocycles. The third-order valence-corrected chi connectivity index (χ3v) is 3.71. The highest BCUT2D eigenvalue weighted by Crippen LogP contribution is 2.20. The Balaban J connectivity index is 1.79. The van der Waals surface area contributed by atoms with Crippen molar-refractivity contribution in [3.05, 3.63) is 30.2 Å². The van der Waals surface area contributed by atoms with Gasteiger partial charge >= 0.3 is 0 Å². The molecule has 0 N–H and O–H groups in total. The monoisotopic (exact) mass is 259 g/mol. The van der Waals surface area contributed by atoms with Crippen LogP contribution >= 0.6 is 0 Å². The molecule has 0 radical (unpaired) electrons. The minimum atomic E-state index is -0.0973. The molecule has 3 heterocycles. The summed E-state index contributed by atoms with van der Waals surface area (Å²) in [6.07, 6.45) is 1.72. The average Bonchev–Trinajstić information content (AvgIpc) is 2.82. The first kappa shape index (κ1) is 12.2. The van der Waals surface area contributed by atoms with Crippen molar-refractivity contribution >= 4 is 17.0 Å². The molecule has 1 fully saturated rings. The molecule has 5 nitrogen and oxygen atoms in total. The molecule has 1 saturated heterocycles. The van der Waals surface area contributed by atoms with Crippen molar-refractivity contribution in [1.29, 1.82) is 0 Å². The Kier molecular flexibility index (Phi) is 2.98. The summed E-state index contributed by atoms with van der Waals surface area (Å²) in [6.45, 7) is 4.23. The molecule has 5 heteroatoms. The minimum absolute atomic E-state index is 0.0973. The number of hydrogen-bond acceptors (Lipinski definition) is 4. The summed E-state index contributed by atoms with van der Waals surface area (Å²) < 4.78 is 5.70. The highest BCUT2D eigenvalue weighted by molar-refractivity contribution is 5.82. The maximum absolute atomic E-state index is 11.9. The molecule has 0 aliphatic carbocycles. The van der Waals surface area contributed by atoms with E-state index in [2.05, 4.69) is 9.88 Å². The first-order valence-corrected chi connectivity index (χ1v) is 6.47. The molecule has 1 aliphatic rings. The molecule has 19 heavy (non-hydrogen) atoms. The predicted octanol–water partition coefficient (Wildman–Crippen LogP) is 1.49. The van der Waals surface area contributed by atoms with Gasteiger partial charge in [0.2, 0.25) is 11.6 Å². The van der Waals surface area contributed by atoms with E-state index in [1.807, 2.05) is 32.2 Å². The molecular formula is C14H17N3O2. The summed E-state index contributed by atoms with van der Waals surface area (Å²) in [4.78, 5) is 20.0. The van der Waals surface area contributed by atoms with Crippen molar-refractivity contribution in [3.63, 3.8) is 0 Å². The van der Waals surface area contributed by atoms with Crippen LogP contribution in [0.15, 0.2) is 28.8 Å². The van der Waals surface area contributed by atoms with E-state index in [9.17, 15) is 4.79 Å². The van der Waals surface area contributed by atoms with Gasteiger partial charge in [-0.2, -0.15) is 0 Å². The van der Waals surface area contributed by atoms with Crippen LogP contribution < -0.4 is 0 Å². The molecule has 1 unspecified atom stereocenters. The number of carbonyl (C=O) groups excluding carboxylic acids is 1. The number of amides is 1. The second-order valence-electron chi connectivity index (χ2n) is 5.02. The van der Waals surface area contributed by atoms with Gasteiger partial charge in [0.05, 0.1) is 12.6 Å². The zero-order valence-corrected chi connectivity index (χ0v) is 11.2. The fourth-order valence-corrected chi connectivity index (χ4v) is 2.48. The van der Waals surface area contributed by atoms with E-state index >= 15 is 0 Å². The number of pyridine rings is 1. The van der Waals surface area contributed by atoms with Crippen LogP contribution in [0.1, 0.15) is 12.7 Å². The Morgan fingerprint density at radius 2 is 2.32 bits per heavy atom. The summed E-state index contributed by atoms with van der Waals surface area (Å²) in [7, 11) is 1.85. The van der Waals surface area contributed by atoms with Gasteiger partial charge in [-0.25, -0.2) is 4.98 Å². The average molecular weight is 259 g/mol. The second kappa shape index (κ2) is 4.66. The Hall–Kier alpha value is -1.88. The summed E-state index contributed by atoms with van der Waals surface area (Å²) in [5.74, 6) is 1.03. The number of piperazine rings is 1. The lowest BCUT2D eigenvalue weighted by atomic mass is 10.2. The van der Waals surface area contributed by atoms with Crippen LogP contribution in [0.5, 0.6) is 0 Å². The molecule has 1 atom stereocenters. The maximum atomic E-state index is 11.9. The lowest BCUT2D eigenvalue weighted by Crippen LogP contribution is -2.53. The van der Waals surface area contributed by atoms with Gasteiger partial charge in [0.1, 0.15) is 5.76 Å². The van der Waals surface area contributed by atoms with Gasteiger partial charge in [0, 0.05) is 31.7 Å². The molecule has 1 amide bonds. The SMILES string of the molecule is CC1C(=O)N(C)CCN1Cc1cc2cccnc2o1. The molecule has 2 aromatic rings. The smallest absolute Gasteiger partial charge is 0.239 e. The number of rotatable bonds is 2. The highest BCUT2D eigenvalue weighted by Gasteiger charge is 2.29. The minimum Gasteiger partial charge on any atom is -0.441 e. The number of nitrogens with zero attached hydrogens (tertiary/aromatic N) is 3.